The lowest BCUT2D eigenvalue weighted by molar-refractivity contribution is 0.228. The third-order valence-electron chi connectivity index (χ3n) is 7.06. The molecule has 1 aromatic heterocycles. The summed E-state index contributed by atoms with van der Waals surface area (Å²) in [6.45, 7) is 5.29. The van der Waals surface area contributed by atoms with Crippen LogP contribution in [0.1, 0.15) is 103 Å². The Hall–Kier alpha value is -1.90. The molecule has 1 heterocycles. The number of aryl methyl sites for hydroxylation is 1. The molecule has 0 spiro atoms. The van der Waals surface area contributed by atoms with E-state index in [-0.39, 0.29) is 0 Å². The van der Waals surface area contributed by atoms with Crippen molar-refractivity contribution in [2.24, 2.45) is 11.8 Å². The Morgan fingerprint density at radius 1 is 0.750 bits per heavy atom. The minimum absolute atomic E-state index is 0.785. The third kappa shape index (κ3) is 8.56. The first-order valence-corrected chi connectivity index (χ1v) is 13.3. The van der Waals surface area contributed by atoms with Crippen LogP contribution in [-0.4, -0.2) is 16.6 Å². The average Bonchev–Trinajstić information content (AvgIpc) is 2.84. The zero-order valence-corrected chi connectivity index (χ0v) is 20.5. The topological polar surface area (TPSA) is 35.0 Å². The van der Waals surface area contributed by atoms with Crippen LogP contribution in [0.4, 0.5) is 0 Å². The molecule has 3 nitrogen and oxygen atoms in total. The van der Waals surface area contributed by atoms with Crippen LogP contribution in [0.3, 0.4) is 0 Å². The second-order valence-electron chi connectivity index (χ2n) is 9.77. The number of rotatable bonds is 14. The van der Waals surface area contributed by atoms with Crippen molar-refractivity contribution in [3.8, 4) is 17.1 Å². The van der Waals surface area contributed by atoms with Gasteiger partial charge >= 0.3 is 0 Å². The smallest absolute Gasteiger partial charge is 0.159 e. The van der Waals surface area contributed by atoms with Crippen molar-refractivity contribution >= 4 is 0 Å². The summed E-state index contributed by atoms with van der Waals surface area (Å²) in [4.78, 5) is 9.01. The molecule has 1 fully saturated rings. The maximum Gasteiger partial charge on any atom is 0.159 e. The molecule has 0 N–H and O–H groups in total. The molecule has 2 aromatic rings. The molecular weight excluding hydrogens is 392 g/mol. The molecule has 0 radical (unpaired) electrons. The van der Waals surface area contributed by atoms with E-state index in [0.29, 0.717) is 0 Å². The minimum Gasteiger partial charge on any atom is -0.494 e. The van der Waals surface area contributed by atoms with E-state index in [4.69, 9.17) is 4.74 Å². The Labute approximate surface area is 196 Å². The van der Waals surface area contributed by atoms with E-state index in [9.17, 15) is 0 Å². The lowest BCUT2D eigenvalue weighted by Gasteiger charge is -2.28. The van der Waals surface area contributed by atoms with Gasteiger partial charge < -0.3 is 4.74 Å². The van der Waals surface area contributed by atoms with E-state index in [0.717, 1.165) is 54.8 Å². The van der Waals surface area contributed by atoms with E-state index in [2.05, 4.69) is 35.9 Å². The lowest BCUT2D eigenvalue weighted by Crippen LogP contribution is -2.15. The van der Waals surface area contributed by atoms with Gasteiger partial charge in [-0.3, -0.25) is 0 Å². The summed E-state index contributed by atoms with van der Waals surface area (Å²) < 4.78 is 6.00. The van der Waals surface area contributed by atoms with Crippen LogP contribution in [0.15, 0.2) is 36.7 Å². The van der Waals surface area contributed by atoms with Crippen LogP contribution in [0, 0.1) is 11.8 Å². The summed E-state index contributed by atoms with van der Waals surface area (Å²) in [5.41, 5.74) is 2.25. The number of aromatic nitrogens is 2. The van der Waals surface area contributed by atoms with Crippen molar-refractivity contribution in [1.82, 2.24) is 9.97 Å². The molecule has 1 aliphatic rings. The highest BCUT2D eigenvalue weighted by Gasteiger charge is 2.20. The normalized spacial score (nSPS) is 18.6. The summed E-state index contributed by atoms with van der Waals surface area (Å²) in [5, 5.41) is 0. The molecule has 0 saturated heterocycles. The van der Waals surface area contributed by atoms with E-state index >= 15 is 0 Å². The fourth-order valence-electron chi connectivity index (χ4n) is 5.03. The molecule has 0 amide bonds. The monoisotopic (exact) mass is 436 g/mol. The van der Waals surface area contributed by atoms with Gasteiger partial charge in [-0.15, -0.1) is 0 Å². The Morgan fingerprint density at radius 2 is 1.38 bits per heavy atom. The summed E-state index contributed by atoms with van der Waals surface area (Å²) in [5.74, 6) is 3.66. The standard InChI is InChI=1S/C29H44N2O/c1-3-5-6-7-8-11-24-13-15-25(16-14-24)12-9-21-32-28-19-17-27(18-20-28)29-30-22-26(10-4-2)23-31-29/h17-20,22-25H,3-16,21H2,1-2H3. The molecule has 1 saturated carbocycles. The minimum atomic E-state index is 0.785. The molecule has 3 heteroatoms. The fourth-order valence-corrected chi connectivity index (χ4v) is 5.03. The average molecular weight is 437 g/mol. The fraction of sp³-hybridized carbons (Fsp3) is 0.655. The molecular formula is C29H44N2O. The Morgan fingerprint density at radius 3 is 2.00 bits per heavy atom. The van der Waals surface area contributed by atoms with Gasteiger partial charge in [0, 0.05) is 18.0 Å². The van der Waals surface area contributed by atoms with Crippen LogP contribution in [-0.2, 0) is 6.42 Å². The predicted octanol–water partition coefficient (Wildman–Crippen LogP) is 8.42. The van der Waals surface area contributed by atoms with Gasteiger partial charge in [-0.25, -0.2) is 9.97 Å². The third-order valence-corrected chi connectivity index (χ3v) is 7.06. The highest BCUT2D eigenvalue weighted by Crippen LogP contribution is 2.34. The van der Waals surface area contributed by atoms with Gasteiger partial charge in [-0.1, -0.05) is 84.5 Å². The van der Waals surface area contributed by atoms with Gasteiger partial charge in [-0.2, -0.15) is 0 Å². The van der Waals surface area contributed by atoms with Gasteiger partial charge in [0.2, 0.25) is 0 Å². The Balaban J connectivity index is 1.28. The highest BCUT2D eigenvalue weighted by atomic mass is 16.5. The van der Waals surface area contributed by atoms with Crippen molar-refractivity contribution in [2.45, 2.75) is 104 Å². The van der Waals surface area contributed by atoms with Gasteiger partial charge in [0.25, 0.3) is 0 Å². The highest BCUT2D eigenvalue weighted by molar-refractivity contribution is 5.55. The molecule has 1 aliphatic carbocycles. The van der Waals surface area contributed by atoms with E-state index in [1.54, 1.807) is 0 Å². The first-order valence-electron chi connectivity index (χ1n) is 13.3. The number of nitrogens with zero attached hydrogens (tertiary/aromatic N) is 2. The van der Waals surface area contributed by atoms with Crippen molar-refractivity contribution in [2.75, 3.05) is 6.61 Å². The number of benzene rings is 1. The summed E-state index contributed by atoms with van der Waals surface area (Å²) >= 11 is 0. The number of unbranched alkanes of at least 4 members (excludes halogenated alkanes) is 4. The molecule has 0 unspecified atom stereocenters. The quantitative estimate of drug-likeness (QED) is 0.279. The number of hydrogen-bond donors (Lipinski definition) is 0. The summed E-state index contributed by atoms with van der Waals surface area (Å²) in [6.07, 6.45) is 22.9. The van der Waals surface area contributed by atoms with Crippen molar-refractivity contribution in [1.29, 1.82) is 0 Å². The maximum absolute atomic E-state index is 6.00. The Kier molecular flexibility index (Phi) is 11.0. The van der Waals surface area contributed by atoms with Crippen LogP contribution < -0.4 is 4.74 Å². The first-order chi connectivity index (χ1) is 15.8. The van der Waals surface area contributed by atoms with Gasteiger partial charge in [0.1, 0.15) is 5.75 Å². The molecule has 1 aromatic carbocycles. The zero-order valence-electron chi connectivity index (χ0n) is 20.5. The van der Waals surface area contributed by atoms with Crippen LogP contribution in [0.2, 0.25) is 0 Å². The van der Waals surface area contributed by atoms with Crippen molar-refractivity contribution in [3.63, 3.8) is 0 Å². The van der Waals surface area contributed by atoms with Gasteiger partial charge in [0.05, 0.1) is 6.61 Å². The largest absolute Gasteiger partial charge is 0.494 e. The summed E-state index contributed by atoms with van der Waals surface area (Å²) in [7, 11) is 0. The molecule has 176 valence electrons. The van der Waals surface area contributed by atoms with Crippen LogP contribution in [0.25, 0.3) is 11.4 Å². The van der Waals surface area contributed by atoms with Crippen LogP contribution >= 0.6 is 0 Å². The van der Waals surface area contributed by atoms with E-state index in [1.807, 2.05) is 24.5 Å². The van der Waals surface area contributed by atoms with Crippen molar-refractivity contribution in [3.05, 3.63) is 42.2 Å². The Bertz CT molecular complexity index is 733. The first kappa shape index (κ1) is 24.7. The lowest BCUT2D eigenvalue weighted by atomic mass is 9.78. The molecule has 0 bridgehead atoms. The molecule has 32 heavy (non-hydrogen) atoms. The second-order valence-corrected chi connectivity index (χ2v) is 9.77. The second kappa shape index (κ2) is 14.3. The predicted molar refractivity (Wildman–Crippen MR) is 135 cm³/mol. The maximum atomic E-state index is 6.00. The zero-order chi connectivity index (χ0) is 22.4. The molecule has 0 atom stereocenters. The van der Waals surface area contributed by atoms with Crippen molar-refractivity contribution < 1.29 is 4.74 Å². The van der Waals surface area contributed by atoms with E-state index < -0.39 is 0 Å². The molecule has 0 aliphatic heterocycles. The van der Waals surface area contributed by atoms with Crippen LogP contribution in [0.5, 0.6) is 5.75 Å². The van der Waals surface area contributed by atoms with E-state index in [1.165, 1.54) is 76.2 Å². The SMILES string of the molecule is CCCCCCCC1CCC(CCCOc2ccc(-c3ncc(CCC)cn3)cc2)CC1. The number of hydrogen-bond acceptors (Lipinski definition) is 3. The van der Waals surface area contributed by atoms with Gasteiger partial charge in [0.15, 0.2) is 5.82 Å². The number of ether oxygens (including phenoxy) is 1. The van der Waals surface area contributed by atoms with Gasteiger partial charge in [-0.05, 0) is 60.9 Å². The molecule has 3 rings (SSSR count). The summed E-state index contributed by atoms with van der Waals surface area (Å²) in [6, 6.07) is 8.22.